The van der Waals surface area contributed by atoms with Gasteiger partial charge in [0.05, 0.1) is 23.8 Å². The second-order valence-electron chi connectivity index (χ2n) is 4.43. The third-order valence-corrected chi connectivity index (χ3v) is 2.97. The van der Waals surface area contributed by atoms with Crippen LogP contribution in [0.15, 0.2) is 18.2 Å². The fourth-order valence-corrected chi connectivity index (χ4v) is 2.05. The lowest BCUT2D eigenvalue weighted by molar-refractivity contribution is -0.137. The molecule has 0 amide bonds. The van der Waals surface area contributed by atoms with Gasteiger partial charge in [-0.3, -0.25) is 0 Å². The van der Waals surface area contributed by atoms with Crippen LogP contribution < -0.4 is 5.32 Å². The highest BCUT2D eigenvalue weighted by Crippen LogP contribution is 2.36. The summed E-state index contributed by atoms with van der Waals surface area (Å²) in [5.41, 5.74) is -0.808. The molecule has 0 aliphatic carbocycles. The molecule has 1 aliphatic rings. The fraction of sp³-hybridized carbons (Fsp3) is 0.462. The molecule has 1 heterocycles. The van der Waals surface area contributed by atoms with E-state index in [1.54, 1.807) is 6.07 Å². The number of anilines is 1. The average Bonchev–Trinajstić information content (AvgIpc) is 2.39. The van der Waals surface area contributed by atoms with Crippen LogP contribution in [0, 0.1) is 11.3 Å². The maximum atomic E-state index is 12.9. The first-order chi connectivity index (χ1) is 9.00. The number of hydrogen-bond donors (Lipinski definition) is 1. The van der Waals surface area contributed by atoms with Gasteiger partial charge in [0.15, 0.2) is 0 Å². The Morgan fingerprint density at radius 2 is 2.16 bits per heavy atom. The van der Waals surface area contributed by atoms with Gasteiger partial charge in [-0.15, -0.1) is 0 Å². The lowest BCUT2D eigenvalue weighted by atomic mass is 10.1. The first-order valence-corrected chi connectivity index (χ1v) is 5.96. The van der Waals surface area contributed by atoms with Gasteiger partial charge in [-0.2, -0.15) is 18.4 Å². The molecule has 0 spiro atoms. The SMILES string of the molecule is N#Cc1ccc(NC2CCCOC2)c(C(F)(F)F)c1. The summed E-state index contributed by atoms with van der Waals surface area (Å²) >= 11 is 0. The lowest BCUT2D eigenvalue weighted by Gasteiger charge is -2.25. The van der Waals surface area contributed by atoms with Gasteiger partial charge in [0, 0.05) is 18.3 Å². The second kappa shape index (κ2) is 5.49. The summed E-state index contributed by atoms with van der Waals surface area (Å²) in [5.74, 6) is 0. The molecule has 0 aromatic heterocycles. The number of rotatable bonds is 2. The van der Waals surface area contributed by atoms with E-state index in [4.69, 9.17) is 10.00 Å². The van der Waals surface area contributed by atoms with Crippen LogP contribution in [0.5, 0.6) is 0 Å². The van der Waals surface area contributed by atoms with Crippen molar-refractivity contribution in [1.82, 2.24) is 0 Å². The molecule has 6 heteroatoms. The van der Waals surface area contributed by atoms with Crippen LogP contribution in [-0.4, -0.2) is 19.3 Å². The van der Waals surface area contributed by atoms with Crippen molar-refractivity contribution in [1.29, 1.82) is 5.26 Å². The van der Waals surface area contributed by atoms with E-state index in [1.807, 2.05) is 0 Å². The molecular formula is C13H13F3N2O. The Labute approximate surface area is 109 Å². The number of benzene rings is 1. The van der Waals surface area contributed by atoms with Crippen LogP contribution in [0.25, 0.3) is 0 Å². The van der Waals surface area contributed by atoms with E-state index in [1.165, 1.54) is 12.1 Å². The van der Waals surface area contributed by atoms with Gasteiger partial charge in [0.1, 0.15) is 0 Å². The molecule has 1 aromatic rings. The lowest BCUT2D eigenvalue weighted by Crippen LogP contribution is -2.30. The zero-order valence-corrected chi connectivity index (χ0v) is 10.1. The molecule has 1 atom stereocenters. The van der Waals surface area contributed by atoms with Crippen molar-refractivity contribution in [3.05, 3.63) is 29.3 Å². The molecule has 0 radical (unpaired) electrons. The highest BCUT2D eigenvalue weighted by atomic mass is 19.4. The summed E-state index contributed by atoms with van der Waals surface area (Å²) in [4.78, 5) is 0. The quantitative estimate of drug-likeness (QED) is 0.897. The largest absolute Gasteiger partial charge is 0.418 e. The standard InChI is InChI=1S/C13H13F3N2O/c14-13(15,16)11-6-9(7-17)3-4-12(11)18-10-2-1-5-19-8-10/h3-4,6,10,18H,1-2,5,8H2. The van der Waals surface area contributed by atoms with Crippen LogP contribution in [0.1, 0.15) is 24.0 Å². The molecule has 19 heavy (non-hydrogen) atoms. The zero-order chi connectivity index (χ0) is 13.9. The number of nitrogens with one attached hydrogen (secondary N) is 1. The second-order valence-corrected chi connectivity index (χ2v) is 4.43. The minimum absolute atomic E-state index is 0.00185. The summed E-state index contributed by atoms with van der Waals surface area (Å²) in [6.07, 6.45) is -2.88. The van der Waals surface area contributed by atoms with E-state index < -0.39 is 11.7 Å². The van der Waals surface area contributed by atoms with E-state index in [0.717, 1.165) is 18.9 Å². The molecule has 0 saturated carbocycles. The molecule has 1 fully saturated rings. The Kier molecular flexibility index (Phi) is 3.96. The van der Waals surface area contributed by atoms with Gasteiger partial charge in [-0.25, -0.2) is 0 Å². The molecule has 1 saturated heterocycles. The summed E-state index contributed by atoms with van der Waals surface area (Å²) in [6, 6.07) is 5.14. The van der Waals surface area contributed by atoms with Crippen molar-refractivity contribution in [3.63, 3.8) is 0 Å². The van der Waals surface area contributed by atoms with E-state index in [9.17, 15) is 13.2 Å². The molecule has 0 bridgehead atoms. The molecule has 2 rings (SSSR count). The van der Waals surface area contributed by atoms with E-state index >= 15 is 0 Å². The van der Waals surface area contributed by atoms with Crippen molar-refractivity contribution >= 4 is 5.69 Å². The molecule has 1 unspecified atom stereocenters. The first-order valence-electron chi connectivity index (χ1n) is 5.96. The molecular weight excluding hydrogens is 257 g/mol. The Hall–Kier alpha value is -1.74. The van der Waals surface area contributed by atoms with Crippen LogP contribution in [-0.2, 0) is 10.9 Å². The van der Waals surface area contributed by atoms with Gasteiger partial charge in [-0.05, 0) is 31.0 Å². The van der Waals surface area contributed by atoms with E-state index in [2.05, 4.69) is 5.32 Å². The highest BCUT2D eigenvalue weighted by molar-refractivity contribution is 5.56. The zero-order valence-electron chi connectivity index (χ0n) is 10.1. The minimum atomic E-state index is -4.48. The van der Waals surface area contributed by atoms with Crippen molar-refractivity contribution in [2.75, 3.05) is 18.5 Å². The Morgan fingerprint density at radius 3 is 2.74 bits per heavy atom. The van der Waals surface area contributed by atoms with Gasteiger partial charge in [-0.1, -0.05) is 0 Å². The molecule has 102 valence electrons. The number of alkyl halides is 3. The summed E-state index contributed by atoms with van der Waals surface area (Å²) < 4.78 is 44.0. The molecule has 3 nitrogen and oxygen atoms in total. The number of nitriles is 1. The number of nitrogens with zero attached hydrogens (tertiary/aromatic N) is 1. The van der Waals surface area contributed by atoms with E-state index in [0.29, 0.717) is 13.2 Å². The first kappa shape index (κ1) is 13.7. The van der Waals surface area contributed by atoms with Crippen LogP contribution >= 0.6 is 0 Å². The summed E-state index contributed by atoms with van der Waals surface area (Å²) in [5, 5.41) is 11.5. The summed E-state index contributed by atoms with van der Waals surface area (Å²) in [6.45, 7) is 1.05. The predicted octanol–water partition coefficient (Wildman–Crippen LogP) is 3.17. The Balaban J connectivity index is 2.26. The van der Waals surface area contributed by atoms with Crippen molar-refractivity contribution in [2.24, 2.45) is 0 Å². The Bertz CT molecular complexity index is 488. The minimum Gasteiger partial charge on any atom is -0.379 e. The average molecular weight is 270 g/mol. The van der Waals surface area contributed by atoms with Crippen LogP contribution in [0.2, 0.25) is 0 Å². The molecule has 1 N–H and O–H groups in total. The third kappa shape index (κ3) is 3.38. The normalized spacial score (nSPS) is 19.8. The highest BCUT2D eigenvalue weighted by Gasteiger charge is 2.34. The van der Waals surface area contributed by atoms with Gasteiger partial charge in [0.2, 0.25) is 0 Å². The van der Waals surface area contributed by atoms with Crippen molar-refractivity contribution in [2.45, 2.75) is 25.1 Å². The molecule has 1 aliphatic heterocycles. The Morgan fingerprint density at radius 1 is 1.37 bits per heavy atom. The van der Waals surface area contributed by atoms with Crippen molar-refractivity contribution < 1.29 is 17.9 Å². The monoisotopic (exact) mass is 270 g/mol. The maximum Gasteiger partial charge on any atom is 0.418 e. The predicted molar refractivity (Wildman–Crippen MR) is 63.6 cm³/mol. The third-order valence-electron chi connectivity index (χ3n) is 2.97. The van der Waals surface area contributed by atoms with Gasteiger partial charge >= 0.3 is 6.18 Å². The topological polar surface area (TPSA) is 45.0 Å². The number of ether oxygens (including phenoxy) is 1. The van der Waals surface area contributed by atoms with Crippen molar-refractivity contribution in [3.8, 4) is 6.07 Å². The van der Waals surface area contributed by atoms with E-state index in [-0.39, 0.29) is 17.3 Å². The van der Waals surface area contributed by atoms with Gasteiger partial charge in [0.25, 0.3) is 0 Å². The fourth-order valence-electron chi connectivity index (χ4n) is 2.05. The van der Waals surface area contributed by atoms with Crippen LogP contribution in [0.4, 0.5) is 18.9 Å². The van der Waals surface area contributed by atoms with Crippen LogP contribution in [0.3, 0.4) is 0 Å². The molecule has 1 aromatic carbocycles. The maximum absolute atomic E-state index is 12.9. The smallest absolute Gasteiger partial charge is 0.379 e. The number of hydrogen-bond acceptors (Lipinski definition) is 3. The summed E-state index contributed by atoms with van der Waals surface area (Å²) in [7, 11) is 0. The van der Waals surface area contributed by atoms with Gasteiger partial charge < -0.3 is 10.1 Å². The number of halogens is 3.